The van der Waals surface area contributed by atoms with Gasteiger partial charge < -0.3 is 14.8 Å². The van der Waals surface area contributed by atoms with Crippen molar-refractivity contribution in [1.29, 1.82) is 0 Å². The minimum absolute atomic E-state index is 0. The van der Waals surface area contributed by atoms with E-state index >= 15 is 0 Å². The summed E-state index contributed by atoms with van der Waals surface area (Å²) in [6.07, 6.45) is 4.20. The Labute approximate surface area is 140 Å². The van der Waals surface area contributed by atoms with E-state index in [1.807, 2.05) is 22.7 Å². The number of hydrogen-bond acceptors (Lipinski definition) is 4. The fourth-order valence-corrected chi connectivity index (χ4v) is 3.64. The molecule has 7 heteroatoms. The molecule has 1 saturated heterocycles. The van der Waals surface area contributed by atoms with Crippen LogP contribution in [-0.4, -0.2) is 40.0 Å². The van der Waals surface area contributed by atoms with E-state index in [2.05, 4.69) is 29.4 Å². The van der Waals surface area contributed by atoms with Gasteiger partial charge in [-0.15, -0.1) is 23.7 Å². The lowest BCUT2D eigenvalue weighted by Crippen LogP contribution is -2.49. The van der Waals surface area contributed by atoms with Crippen LogP contribution in [0.5, 0.6) is 0 Å². The lowest BCUT2D eigenvalue weighted by molar-refractivity contribution is -0.134. The number of imidazole rings is 1. The molecule has 0 radical (unpaired) electrons. The van der Waals surface area contributed by atoms with E-state index < -0.39 is 0 Å². The van der Waals surface area contributed by atoms with Crippen molar-refractivity contribution in [2.45, 2.75) is 19.4 Å². The molecular formula is C15H21ClN4OS. The molecule has 1 N–H and O–H groups in total. The average molecular weight is 341 g/mol. The second kappa shape index (κ2) is 7.26. The maximum absolute atomic E-state index is 12.7. The molecule has 1 unspecified atom stereocenters. The summed E-state index contributed by atoms with van der Waals surface area (Å²) in [6, 6.07) is 4.14. The van der Waals surface area contributed by atoms with Crippen LogP contribution in [0, 0.1) is 6.92 Å². The van der Waals surface area contributed by atoms with Crippen molar-refractivity contribution in [2.75, 3.05) is 19.6 Å². The van der Waals surface area contributed by atoms with Crippen LogP contribution >= 0.6 is 23.7 Å². The molecule has 0 spiro atoms. The summed E-state index contributed by atoms with van der Waals surface area (Å²) in [7, 11) is 1.97. The van der Waals surface area contributed by atoms with E-state index in [1.165, 1.54) is 4.88 Å². The summed E-state index contributed by atoms with van der Waals surface area (Å²) < 4.78 is 1.99. The molecule has 0 aromatic carbocycles. The number of amides is 1. The highest BCUT2D eigenvalue weighted by Gasteiger charge is 2.30. The van der Waals surface area contributed by atoms with Crippen LogP contribution < -0.4 is 5.32 Å². The SMILES string of the molecule is Cc1ccc(CC(=O)N2CCNCC2c2nccn2C)s1.Cl. The molecule has 0 aliphatic carbocycles. The summed E-state index contributed by atoms with van der Waals surface area (Å²) >= 11 is 1.70. The number of nitrogens with one attached hydrogen (secondary N) is 1. The largest absolute Gasteiger partial charge is 0.336 e. The van der Waals surface area contributed by atoms with Gasteiger partial charge in [0.1, 0.15) is 11.9 Å². The lowest BCUT2D eigenvalue weighted by Gasteiger charge is -2.35. The van der Waals surface area contributed by atoms with Crippen molar-refractivity contribution >= 4 is 29.7 Å². The summed E-state index contributed by atoms with van der Waals surface area (Å²) in [5, 5.41) is 3.36. The van der Waals surface area contributed by atoms with Crippen molar-refractivity contribution in [3.63, 3.8) is 0 Å². The van der Waals surface area contributed by atoms with Crippen LogP contribution in [0.1, 0.15) is 21.6 Å². The van der Waals surface area contributed by atoms with Crippen molar-refractivity contribution in [1.82, 2.24) is 19.8 Å². The summed E-state index contributed by atoms with van der Waals surface area (Å²) in [5.74, 6) is 1.13. The van der Waals surface area contributed by atoms with E-state index in [-0.39, 0.29) is 24.4 Å². The molecule has 1 amide bonds. The van der Waals surface area contributed by atoms with Gasteiger partial charge in [0.2, 0.25) is 5.91 Å². The Morgan fingerprint density at radius 2 is 2.32 bits per heavy atom. The molecule has 3 rings (SSSR count). The molecule has 1 fully saturated rings. The minimum atomic E-state index is 0. The van der Waals surface area contributed by atoms with Crippen LogP contribution in [0.15, 0.2) is 24.5 Å². The van der Waals surface area contributed by atoms with E-state index in [1.54, 1.807) is 17.5 Å². The highest BCUT2D eigenvalue weighted by Crippen LogP contribution is 2.23. The smallest absolute Gasteiger partial charge is 0.228 e. The first-order valence-corrected chi connectivity index (χ1v) is 7.99. The molecule has 1 aliphatic rings. The molecule has 2 aromatic heterocycles. The molecular weight excluding hydrogens is 320 g/mol. The number of hydrogen-bond donors (Lipinski definition) is 1. The quantitative estimate of drug-likeness (QED) is 0.928. The zero-order chi connectivity index (χ0) is 14.8. The standard InChI is InChI=1S/C15H20N4OS.ClH/c1-11-3-4-12(21-11)9-14(20)19-8-5-16-10-13(19)15-17-6-7-18(15)2;/h3-4,6-7,13,16H,5,8-10H2,1-2H3;1H. The van der Waals surface area contributed by atoms with Gasteiger partial charge in [-0.05, 0) is 19.1 Å². The minimum Gasteiger partial charge on any atom is -0.336 e. The van der Waals surface area contributed by atoms with Crippen molar-refractivity contribution in [3.05, 3.63) is 40.1 Å². The molecule has 1 atom stereocenters. The van der Waals surface area contributed by atoms with Gasteiger partial charge in [0.25, 0.3) is 0 Å². The fraction of sp³-hybridized carbons (Fsp3) is 0.467. The first kappa shape index (κ1) is 17.0. The molecule has 5 nitrogen and oxygen atoms in total. The third-order valence-electron chi connectivity index (χ3n) is 3.84. The van der Waals surface area contributed by atoms with E-state index in [4.69, 9.17) is 0 Å². The normalized spacial score (nSPS) is 18.1. The Hall–Kier alpha value is -1.37. The second-order valence-electron chi connectivity index (χ2n) is 5.39. The average Bonchev–Trinajstić information content (AvgIpc) is 3.07. The second-order valence-corrected chi connectivity index (χ2v) is 6.76. The molecule has 2 aromatic rings. The van der Waals surface area contributed by atoms with Crippen LogP contribution in [0.2, 0.25) is 0 Å². The molecule has 120 valence electrons. The highest BCUT2D eigenvalue weighted by molar-refractivity contribution is 7.12. The van der Waals surface area contributed by atoms with Gasteiger partial charge in [0.15, 0.2) is 0 Å². The van der Waals surface area contributed by atoms with Gasteiger partial charge in [0.05, 0.1) is 6.42 Å². The lowest BCUT2D eigenvalue weighted by atomic mass is 10.1. The third-order valence-corrected chi connectivity index (χ3v) is 4.84. The van der Waals surface area contributed by atoms with Crippen LogP contribution in [0.3, 0.4) is 0 Å². The van der Waals surface area contributed by atoms with Gasteiger partial charge >= 0.3 is 0 Å². The Balaban J connectivity index is 0.00000176. The Morgan fingerprint density at radius 3 is 2.95 bits per heavy atom. The van der Waals surface area contributed by atoms with Gasteiger partial charge in [-0.1, -0.05) is 0 Å². The molecule has 22 heavy (non-hydrogen) atoms. The van der Waals surface area contributed by atoms with Gasteiger partial charge in [-0.25, -0.2) is 4.98 Å². The van der Waals surface area contributed by atoms with Gasteiger partial charge in [-0.3, -0.25) is 4.79 Å². The number of carbonyl (C=O) groups is 1. The third kappa shape index (κ3) is 3.51. The fourth-order valence-electron chi connectivity index (χ4n) is 2.76. The number of piperazine rings is 1. The number of carbonyl (C=O) groups excluding carboxylic acids is 1. The van der Waals surface area contributed by atoms with Gasteiger partial charge in [-0.2, -0.15) is 0 Å². The Kier molecular flexibility index (Phi) is 5.61. The van der Waals surface area contributed by atoms with Crippen molar-refractivity contribution in [2.24, 2.45) is 7.05 Å². The number of aryl methyl sites for hydroxylation is 2. The topological polar surface area (TPSA) is 50.2 Å². The first-order chi connectivity index (χ1) is 10.1. The van der Waals surface area contributed by atoms with Gasteiger partial charge in [0, 0.05) is 48.8 Å². The van der Waals surface area contributed by atoms with Crippen molar-refractivity contribution in [3.8, 4) is 0 Å². The zero-order valence-corrected chi connectivity index (χ0v) is 14.4. The van der Waals surface area contributed by atoms with E-state index in [0.29, 0.717) is 6.42 Å². The first-order valence-electron chi connectivity index (χ1n) is 7.18. The zero-order valence-electron chi connectivity index (χ0n) is 12.8. The number of halogens is 1. The van der Waals surface area contributed by atoms with E-state index in [9.17, 15) is 4.79 Å². The van der Waals surface area contributed by atoms with Crippen LogP contribution in [-0.2, 0) is 18.3 Å². The van der Waals surface area contributed by atoms with E-state index in [0.717, 1.165) is 30.3 Å². The summed E-state index contributed by atoms with van der Waals surface area (Å²) in [6.45, 7) is 4.41. The number of nitrogens with zero attached hydrogens (tertiary/aromatic N) is 3. The molecule has 0 saturated carbocycles. The Morgan fingerprint density at radius 1 is 1.50 bits per heavy atom. The van der Waals surface area contributed by atoms with Crippen LogP contribution in [0.25, 0.3) is 0 Å². The monoisotopic (exact) mass is 340 g/mol. The number of thiophene rings is 1. The maximum atomic E-state index is 12.7. The molecule has 0 bridgehead atoms. The maximum Gasteiger partial charge on any atom is 0.228 e. The summed E-state index contributed by atoms with van der Waals surface area (Å²) in [5.41, 5.74) is 0. The number of aromatic nitrogens is 2. The predicted octanol–water partition coefficient (Wildman–Crippen LogP) is 1.93. The summed E-state index contributed by atoms with van der Waals surface area (Å²) in [4.78, 5) is 21.4. The van der Waals surface area contributed by atoms with Crippen LogP contribution in [0.4, 0.5) is 0 Å². The predicted molar refractivity (Wildman–Crippen MR) is 90.5 cm³/mol. The Bertz CT molecular complexity index is 639. The number of rotatable bonds is 3. The molecule has 1 aliphatic heterocycles. The molecule has 3 heterocycles. The van der Waals surface area contributed by atoms with Crippen molar-refractivity contribution < 1.29 is 4.79 Å². The highest BCUT2D eigenvalue weighted by atomic mass is 35.5.